The highest BCUT2D eigenvalue weighted by Crippen LogP contribution is 2.39. The molecule has 1 aromatic carbocycles. The van der Waals surface area contributed by atoms with E-state index < -0.39 is 0 Å². The molecule has 0 amide bonds. The molecule has 1 aliphatic heterocycles. The highest BCUT2D eigenvalue weighted by Gasteiger charge is 2.29. The Kier molecular flexibility index (Phi) is 5.10. The van der Waals surface area contributed by atoms with Gasteiger partial charge in [0.25, 0.3) is 0 Å². The molecule has 0 saturated heterocycles. The fourth-order valence-electron chi connectivity index (χ4n) is 2.80. The lowest BCUT2D eigenvalue weighted by molar-refractivity contribution is 0.379. The molecule has 2 rings (SSSR count). The first-order valence-electron chi connectivity index (χ1n) is 6.95. The molecule has 0 aromatic heterocycles. The van der Waals surface area contributed by atoms with Gasteiger partial charge in [-0.3, -0.25) is 11.3 Å². The molecule has 1 aromatic rings. The van der Waals surface area contributed by atoms with Crippen LogP contribution in [0.5, 0.6) is 0 Å². The first kappa shape index (κ1) is 13.9. The standard InChI is InChI=1S/C15H24N2S/c1-3-6-11(2)9-13(17-16)15-10-12-7-4-5-8-14(12)18-15/h4-5,7-8,11,13,15,17H,3,6,9-10,16H2,1-2H3. The van der Waals surface area contributed by atoms with Crippen molar-refractivity contribution in [2.75, 3.05) is 0 Å². The largest absolute Gasteiger partial charge is 0.271 e. The topological polar surface area (TPSA) is 38.0 Å². The van der Waals surface area contributed by atoms with Crippen LogP contribution in [0.15, 0.2) is 29.2 Å². The zero-order valence-electron chi connectivity index (χ0n) is 11.4. The van der Waals surface area contributed by atoms with Crippen LogP contribution in [0.4, 0.5) is 0 Å². The van der Waals surface area contributed by atoms with E-state index >= 15 is 0 Å². The van der Waals surface area contributed by atoms with Gasteiger partial charge in [-0.1, -0.05) is 44.9 Å². The maximum absolute atomic E-state index is 5.77. The van der Waals surface area contributed by atoms with E-state index in [1.807, 2.05) is 11.8 Å². The Labute approximate surface area is 115 Å². The summed E-state index contributed by atoms with van der Waals surface area (Å²) in [6.45, 7) is 4.59. The molecule has 0 bridgehead atoms. The smallest absolute Gasteiger partial charge is 0.0338 e. The van der Waals surface area contributed by atoms with E-state index in [9.17, 15) is 0 Å². The lowest BCUT2D eigenvalue weighted by atomic mass is 9.94. The molecule has 0 saturated carbocycles. The highest BCUT2D eigenvalue weighted by molar-refractivity contribution is 8.00. The molecular formula is C15H24N2S. The van der Waals surface area contributed by atoms with Crippen molar-refractivity contribution in [3.05, 3.63) is 29.8 Å². The van der Waals surface area contributed by atoms with Crippen molar-refractivity contribution in [1.29, 1.82) is 0 Å². The van der Waals surface area contributed by atoms with E-state index in [0.717, 1.165) is 12.3 Å². The minimum absolute atomic E-state index is 0.420. The minimum Gasteiger partial charge on any atom is -0.271 e. The number of thioether (sulfide) groups is 1. The second kappa shape index (κ2) is 6.60. The van der Waals surface area contributed by atoms with Crippen molar-refractivity contribution < 1.29 is 0 Å². The Balaban J connectivity index is 1.95. The number of nitrogens with two attached hydrogens (primary N) is 1. The fraction of sp³-hybridized carbons (Fsp3) is 0.600. The molecule has 18 heavy (non-hydrogen) atoms. The van der Waals surface area contributed by atoms with Crippen molar-refractivity contribution in [3.8, 4) is 0 Å². The van der Waals surface area contributed by atoms with Gasteiger partial charge in [-0.2, -0.15) is 0 Å². The summed E-state index contributed by atoms with van der Waals surface area (Å²) in [6, 6.07) is 9.14. The molecule has 1 heterocycles. The number of fused-ring (bicyclic) bond motifs is 1. The van der Waals surface area contributed by atoms with Crippen LogP contribution in [0.2, 0.25) is 0 Å². The monoisotopic (exact) mass is 264 g/mol. The molecule has 1 aliphatic rings. The summed E-state index contributed by atoms with van der Waals surface area (Å²) in [6.07, 6.45) is 4.88. The molecule has 0 radical (unpaired) electrons. The van der Waals surface area contributed by atoms with Crippen LogP contribution in [0, 0.1) is 5.92 Å². The third kappa shape index (κ3) is 3.28. The normalized spacial score (nSPS) is 21.6. The number of rotatable bonds is 6. The van der Waals surface area contributed by atoms with Crippen molar-refractivity contribution in [3.63, 3.8) is 0 Å². The number of nitrogens with one attached hydrogen (secondary N) is 1. The van der Waals surface area contributed by atoms with E-state index in [2.05, 4.69) is 43.5 Å². The molecular weight excluding hydrogens is 240 g/mol. The fourth-order valence-corrected chi connectivity index (χ4v) is 4.21. The lowest BCUT2D eigenvalue weighted by Crippen LogP contribution is -2.43. The maximum Gasteiger partial charge on any atom is 0.0338 e. The van der Waals surface area contributed by atoms with Crippen LogP contribution in [0.3, 0.4) is 0 Å². The SMILES string of the molecule is CCCC(C)CC(NN)C1Cc2ccccc2S1. The zero-order valence-corrected chi connectivity index (χ0v) is 12.2. The van der Waals surface area contributed by atoms with Crippen LogP contribution in [-0.2, 0) is 6.42 Å². The third-order valence-corrected chi connectivity index (χ3v) is 5.22. The number of hydrogen-bond donors (Lipinski definition) is 2. The predicted octanol–water partition coefficient (Wildman–Crippen LogP) is 3.36. The zero-order chi connectivity index (χ0) is 13.0. The second-order valence-corrected chi connectivity index (χ2v) is 6.65. The van der Waals surface area contributed by atoms with Gasteiger partial charge in [0.2, 0.25) is 0 Å². The van der Waals surface area contributed by atoms with Gasteiger partial charge in [0.1, 0.15) is 0 Å². The number of benzene rings is 1. The summed E-state index contributed by atoms with van der Waals surface area (Å²) in [5, 5.41) is 0.590. The number of hydrazine groups is 1. The van der Waals surface area contributed by atoms with Crippen LogP contribution >= 0.6 is 11.8 Å². The van der Waals surface area contributed by atoms with Gasteiger partial charge < -0.3 is 0 Å². The Bertz CT molecular complexity index is 356. The van der Waals surface area contributed by atoms with Crippen LogP contribution in [0.25, 0.3) is 0 Å². The molecule has 3 atom stereocenters. The Morgan fingerprint density at radius 3 is 2.89 bits per heavy atom. The quantitative estimate of drug-likeness (QED) is 0.611. The molecule has 0 fully saturated rings. The van der Waals surface area contributed by atoms with E-state index in [1.165, 1.54) is 29.7 Å². The van der Waals surface area contributed by atoms with Crippen molar-refractivity contribution in [2.45, 2.75) is 55.7 Å². The Morgan fingerprint density at radius 2 is 2.22 bits per heavy atom. The highest BCUT2D eigenvalue weighted by atomic mass is 32.2. The summed E-state index contributed by atoms with van der Waals surface area (Å²) in [5.41, 5.74) is 4.53. The molecule has 3 heteroatoms. The summed E-state index contributed by atoms with van der Waals surface area (Å²) < 4.78 is 0. The van der Waals surface area contributed by atoms with Gasteiger partial charge in [0, 0.05) is 16.2 Å². The third-order valence-electron chi connectivity index (χ3n) is 3.77. The number of hydrogen-bond acceptors (Lipinski definition) is 3. The Morgan fingerprint density at radius 1 is 1.44 bits per heavy atom. The second-order valence-electron chi connectivity index (χ2n) is 5.37. The molecule has 3 N–H and O–H groups in total. The van der Waals surface area contributed by atoms with Crippen LogP contribution < -0.4 is 11.3 Å². The van der Waals surface area contributed by atoms with Crippen molar-refractivity contribution in [2.24, 2.45) is 11.8 Å². The summed E-state index contributed by atoms with van der Waals surface area (Å²) in [5.74, 6) is 6.52. The average Bonchev–Trinajstić information content (AvgIpc) is 2.79. The summed E-state index contributed by atoms with van der Waals surface area (Å²) >= 11 is 1.99. The predicted molar refractivity (Wildman–Crippen MR) is 79.6 cm³/mol. The van der Waals surface area contributed by atoms with Crippen molar-refractivity contribution >= 4 is 11.8 Å². The molecule has 3 unspecified atom stereocenters. The first-order chi connectivity index (χ1) is 8.74. The molecule has 0 spiro atoms. The van der Waals surface area contributed by atoms with Crippen LogP contribution in [-0.4, -0.2) is 11.3 Å². The van der Waals surface area contributed by atoms with Gasteiger partial charge in [0.05, 0.1) is 0 Å². The molecule has 100 valence electrons. The van der Waals surface area contributed by atoms with E-state index in [1.54, 1.807) is 0 Å². The van der Waals surface area contributed by atoms with Gasteiger partial charge in [0.15, 0.2) is 0 Å². The van der Waals surface area contributed by atoms with Gasteiger partial charge >= 0.3 is 0 Å². The average molecular weight is 264 g/mol. The lowest BCUT2D eigenvalue weighted by Gasteiger charge is -2.25. The van der Waals surface area contributed by atoms with Crippen molar-refractivity contribution in [1.82, 2.24) is 5.43 Å². The maximum atomic E-state index is 5.77. The van der Waals surface area contributed by atoms with Gasteiger partial charge in [-0.15, -0.1) is 11.8 Å². The van der Waals surface area contributed by atoms with Gasteiger partial charge in [-0.05, 0) is 30.4 Å². The van der Waals surface area contributed by atoms with E-state index in [0.29, 0.717) is 11.3 Å². The summed E-state index contributed by atoms with van der Waals surface area (Å²) in [4.78, 5) is 1.44. The minimum atomic E-state index is 0.420. The summed E-state index contributed by atoms with van der Waals surface area (Å²) in [7, 11) is 0. The molecule has 0 aliphatic carbocycles. The molecule has 2 nitrogen and oxygen atoms in total. The first-order valence-corrected chi connectivity index (χ1v) is 7.83. The van der Waals surface area contributed by atoms with E-state index in [4.69, 9.17) is 5.84 Å². The van der Waals surface area contributed by atoms with E-state index in [-0.39, 0.29) is 0 Å². The van der Waals surface area contributed by atoms with Crippen LogP contribution in [0.1, 0.15) is 38.7 Å². The van der Waals surface area contributed by atoms with Gasteiger partial charge in [-0.25, -0.2) is 0 Å². The Hall–Kier alpha value is -0.510.